The van der Waals surface area contributed by atoms with Crippen LogP contribution in [0.5, 0.6) is 0 Å². The highest BCUT2D eigenvalue weighted by molar-refractivity contribution is 5.55. The van der Waals surface area contributed by atoms with Crippen LogP contribution in [0.25, 0.3) is 0 Å². The van der Waals surface area contributed by atoms with Gasteiger partial charge in [0, 0.05) is 13.3 Å². The van der Waals surface area contributed by atoms with Gasteiger partial charge in [-0.15, -0.1) is 0 Å². The molecule has 0 amide bonds. The van der Waals surface area contributed by atoms with Crippen molar-refractivity contribution in [3.05, 3.63) is 23.9 Å². The zero-order valence-corrected chi connectivity index (χ0v) is 7.37. The molecule has 11 heavy (non-hydrogen) atoms. The van der Waals surface area contributed by atoms with Gasteiger partial charge in [0.05, 0.1) is 12.3 Å². The Morgan fingerprint density at radius 2 is 2.18 bits per heavy atom. The van der Waals surface area contributed by atoms with Gasteiger partial charge in [-0.05, 0) is 19.9 Å². The fourth-order valence-electron chi connectivity index (χ4n) is 0.649. The van der Waals surface area contributed by atoms with Crippen LogP contribution in [0, 0.1) is 0 Å². The fraction of sp³-hybridized carbons (Fsp3) is 0.444. The first kappa shape index (κ1) is 10.1. The van der Waals surface area contributed by atoms with E-state index in [0.717, 1.165) is 5.70 Å². The standard InChI is InChI=1S/C9H15NO/c1-4-6-7-9(8-11-3)10-5-2/h4-7H,8H2,1-3H3/b6-4-,9-7-,10-5-. The first-order valence-electron chi connectivity index (χ1n) is 3.64. The van der Waals surface area contributed by atoms with Gasteiger partial charge in [-0.25, -0.2) is 0 Å². The van der Waals surface area contributed by atoms with Crippen LogP contribution >= 0.6 is 0 Å². The predicted octanol–water partition coefficient (Wildman–Crippen LogP) is 2.18. The van der Waals surface area contributed by atoms with E-state index in [1.165, 1.54) is 0 Å². The molecule has 0 spiro atoms. The van der Waals surface area contributed by atoms with Crippen molar-refractivity contribution in [1.29, 1.82) is 0 Å². The molecule has 0 heterocycles. The van der Waals surface area contributed by atoms with Crippen LogP contribution in [-0.2, 0) is 4.74 Å². The average Bonchev–Trinajstić information content (AvgIpc) is 2.01. The second-order valence-corrected chi connectivity index (χ2v) is 2.00. The summed E-state index contributed by atoms with van der Waals surface area (Å²) in [5, 5.41) is 0. The van der Waals surface area contributed by atoms with E-state index in [9.17, 15) is 0 Å². The van der Waals surface area contributed by atoms with Crippen LogP contribution in [0.3, 0.4) is 0 Å². The van der Waals surface area contributed by atoms with Gasteiger partial charge in [0.2, 0.25) is 0 Å². The molecule has 0 aromatic rings. The zero-order valence-electron chi connectivity index (χ0n) is 7.37. The lowest BCUT2D eigenvalue weighted by Gasteiger charge is -1.96. The lowest BCUT2D eigenvalue weighted by Crippen LogP contribution is -1.90. The molecule has 0 saturated carbocycles. The zero-order chi connectivity index (χ0) is 8.53. The molecule has 62 valence electrons. The van der Waals surface area contributed by atoms with Crippen molar-refractivity contribution in [3.8, 4) is 0 Å². The van der Waals surface area contributed by atoms with E-state index in [0.29, 0.717) is 6.61 Å². The number of allylic oxidation sites excluding steroid dienone is 3. The highest BCUT2D eigenvalue weighted by atomic mass is 16.5. The van der Waals surface area contributed by atoms with E-state index in [1.54, 1.807) is 13.3 Å². The van der Waals surface area contributed by atoms with Gasteiger partial charge in [0.25, 0.3) is 0 Å². The molecular weight excluding hydrogens is 138 g/mol. The Kier molecular flexibility index (Phi) is 6.64. The second-order valence-electron chi connectivity index (χ2n) is 2.00. The van der Waals surface area contributed by atoms with Crippen molar-refractivity contribution in [3.63, 3.8) is 0 Å². The van der Waals surface area contributed by atoms with Crippen LogP contribution < -0.4 is 0 Å². The molecule has 0 aliphatic rings. The van der Waals surface area contributed by atoms with E-state index < -0.39 is 0 Å². The van der Waals surface area contributed by atoms with E-state index in [1.807, 2.05) is 32.1 Å². The largest absolute Gasteiger partial charge is 0.378 e. The minimum atomic E-state index is 0.564. The first-order valence-corrected chi connectivity index (χ1v) is 3.64. The van der Waals surface area contributed by atoms with E-state index >= 15 is 0 Å². The molecule has 0 aromatic heterocycles. The SMILES string of the molecule is C\C=C/C=C(COC)\N=C/C. The Morgan fingerprint density at radius 3 is 2.64 bits per heavy atom. The first-order chi connectivity index (χ1) is 5.35. The topological polar surface area (TPSA) is 21.6 Å². The Hall–Kier alpha value is -0.890. The maximum Gasteiger partial charge on any atom is 0.0883 e. The molecule has 0 unspecified atom stereocenters. The van der Waals surface area contributed by atoms with E-state index in [2.05, 4.69) is 4.99 Å². The van der Waals surface area contributed by atoms with Gasteiger partial charge in [0.15, 0.2) is 0 Å². The second kappa shape index (κ2) is 7.22. The number of nitrogens with zero attached hydrogens (tertiary/aromatic N) is 1. The van der Waals surface area contributed by atoms with Crippen molar-refractivity contribution in [2.75, 3.05) is 13.7 Å². The van der Waals surface area contributed by atoms with Crippen LogP contribution in [0.15, 0.2) is 28.9 Å². The summed E-state index contributed by atoms with van der Waals surface area (Å²) < 4.78 is 4.94. The summed E-state index contributed by atoms with van der Waals surface area (Å²) in [4.78, 5) is 4.11. The summed E-state index contributed by atoms with van der Waals surface area (Å²) in [6, 6.07) is 0. The summed E-state index contributed by atoms with van der Waals surface area (Å²) in [6.45, 7) is 4.42. The normalized spacial score (nSPS) is 13.5. The number of hydrogen-bond donors (Lipinski definition) is 0. The molecule has 0 atom stereocenters. The van der Waals surface area contributed by atoms with Crippen molar-refractivity contribution in [2.24, 2.45) is 4.99 Å². The van der Waals surface area contributed by atoms with E-state index in [-0.39, 0.29) is 0 Å². The van der Waals surface area contributed by atoms with Crippen molar-refractivity contribution >= 4 is 6.21 Å². The van der Waals surface area contributed by atoms with Crippen molar-refractivity contribution in [2.45, 2.75) is 13.8 Å². The monoisotopic (exact) mass is 153 g/mol. The Bertz CT molecular complexity index is 168. The lowest BCUT2D eigenvalue weighted by atomic mass is 10.4. The van der Waals surface area contributed by atoms with Gasteiger partial charge in [-0.2, -0.15) is 0 Å². The van der Waals surface area contributed by atoms with Gasteiger partial charge in [0.1, 0.15) is 0 Å². The summed E-state index contributed by atoms with van der Waals surface area (Å²) in [7, 11) is 1.66. The third kappa shape index (κ3) is 5.55. The highest BCUT2D eigenvalue weighted by Gasteiger charge is 1.87. The lowest BCUT2D eigenvalue weighted by molar-refractivity contribution is 0.225. The molecular formula is C9H15NO. The number of aliphatic imine (C=N–C) groups is 1. The van der Waals surface area contributed by atoms with Gasteiger partial charge in [-0.3, -0.25) is 4.99 Å². The van der Waals surface area contributed by atoms with Crippen molar-refractivity contribution < 1.29 is 4.74 Å². The molecule has 0 aliphatic carbocycles. The molecule has 0 aliphatic heterocycles. The van der Waals surface area contributed by atoms with Gasteiger partial charge < -0.3 is 4.74 Å². The highest BCUT2D eigenvalue weighted by Crippen LogP contribution is 1.96. The summed E-state index contributed by atoms with van der Waals surface area (Å²) in [5.74, 6) is 0. The fourth-order valence-corrected chi connectivity index (χ4v) is 0.649. The minimum Gasteiger partial charge on any atom is -0.378 e. The van der Waals surface area contributed by atoms with Crippen molar-refractivity contribution in [1.82, 2.24) is 0 Å². The Labute approximate surface area is 68.3 Å². The van der Waals surface area contributed by atoms with Crippen LogP contribution in [0.4, 0.5) is 0 Å². The number of rotatable bonds is 4. The Balaban J connectivity index is 4.07. The van der Waals surface area contributed by atoms with Crippen LogP contribution in [0.1, 0.15) is 13.8 Å². The summed E-state index contributed by atoms with van der Waals surface area (Å²) in [5.41, 5.74) is 0.938. The van der Waals surface area contributed by atoms with E-state index in [4.69, 9.17) is 4.74 Å². The maximum atomic E-state index is 4.94. The van der Waals surface area contributed by atoms with Crippen LogP contribution in [0.2, 0.25) is 0 Å². The third-order valence-electron chi connectivity index (χ3n) is 1.07. The molecule has 0 bridgehead atoms. The third-order valence-corrected chi connectivity index (χ3v) is 1.07. The molecule has 2 nitrogen and oxygen atoms in total. The quantitative estimate of drug-likeness (QED) is 0.448. The smallest absolute Gasteiger partial charge is 0.0883 e. The average molecular weight is 153 g/mol. The number of hydrogen-bond acceptors (Lipinski definition) is 2. The Morgan fingerprint density at radius 1 is 1.45 bits per heavy atom. The number of methoxy groups -OCH3 is 1. The number of ether oxygens (including phenoxy) is 1. The molecule has 0 rings (SSSR count). The minimum absolute atomic E-state index is 0.564. The molecule has 0 radical (unpaired) electrons. The summed E-state index contributed by atoms with van der Waals surface area (Å²) in [6.07, 6.45) is 7.60. The maximum absolute atomic E-state index is 4.94. The summed E-state index contributed by atoms with van der Waals surface area (Å²) >= 11 is 0. The molecule has 2 heteroatoms. The molecule has 0 aromatic carbocycles. The van der Waals surface area contributed by atoms with Crippen LogP contribution in [-0.4, -0.2) is 19.9 Å². The predicted molar refractivity (Wildman–Crippen MR) is 48.9 cm³/mol. The van der Waals surface area contributed by atoms with Gasteiger partial charge >= 0.3 is 0 Å². The molecule has 0 N–H and O–H groups in total. The molecule has 0 fully saturated rings. The van der Waals surface area contributed by atoms with Gasteiger partial charge in [-0.1, -0.05) is 12.2 Å². The molecule has 0 saturated heterocycles.